The Hall–Kier alpha value is -1.66. The van der Waals surface area contributed by atoms with Gasteiger partial charge in [-0.2, -0.15) is 0 Å². The molecule has 0 aromatic carbocycles. The molecule has 0 amide bonds. The monoisotopic (exact) mass is 277 g/mol. The third-order valence-corrected chi connectivity index (χ3v) is 3.70. The molecule has 5 nitrogen and oxygen atoms in total. The molecule has 4 N–H and O–H groups in total. The summed E-state index contributed by atoms with van der Waals surface area (Å²) >= 11 is 1.72. The predicted molar refractivity (Wildman–Crippen MR) is 80.3 cm³/mol. The number of rotatable bonds is 5. The van der Waals surface area contributed by atoms with Gasteiger partial charge in [0, 0.05) is 16.4 Å². The quantitative estimate of drug-likeness (QED) is 0.579. The van der Waals surface area contributed by atoms with Crippen LogP contribution in [0, 0.1) is 6.92 Å². The lowest BCUT2D eigenvalue weighted by Crippen LogP contribution is -2.15. The van der Waals surface area contributed by atoms with Crippen LogP contribution in [0.2, 0.25) is 0 Å². The standard InChI is InChI=1S/C13H19N5S/c1-8(2)11-16-12(9(3)13(17-11)18-14)15-7-10-5-4-6-19-10/h4-6,8H,7,14H2,1-3H3,(H2,15,16,17,18). The van der Waals surface area contributed by atoms with E-state index in [1.807, 2.05) is 13.0 Å². The smallest absolute Gasteiger partial charge is 0.148 e. The van der Waals surface area contributed by atoms with Crippen LogP contribution in [0.25, 0.3) is 0 Å². The lowest BCUT2D eigenvalue weighted by molar-refractivity contribution is 0.772. The molecule has 0 unspecified atom stereocenters. The van der Waals surface area contributed by atoms with Gasteiger partial charge < -0.3 is 10.7 Å². The topological polar surface area (TPSA) is 75.9 Å². The maximum Gasteiger partial charge on any atom is 0.148 e. The average molecular weight is 277 g/mol. The second-order valence-electron chi connectivity index (χ2n) is 4.64. The normalized spacial score (nSPS) is 10.8. The summed E-state index contributed by atoms with van der Waals surface area (Å²) in [7, 11) is 0. The number of thiophene rings is 1. The van der Waals surface area contributed by atoms with E-state index in [4.69, 9.17) is 5.84 Å². The molecule has 0 atom stereocenters. The van der Waals surface area contributed by atoms with Gasteiger partial charge in [0.1, 0.15) is 17.5 Å². The molecular weight excluding hydrogens is 258 g/mol. The van der Waals surface area contributed by atoms with Crippen molar-refractivity contribution in [2.24, 2.45) is 5.84 Å². The summed E-state index contributed by atoms with van der Waals surface area (Å²) in [6, 6.07) is 4.14. The summed E-state index contributed by atoms with van der Waals surface area (Å²) in [5.74, 6) is 8.06. The van der Waals surface area contributed by atoms with Gasteiger partial charge in [0.05, 0.1) is 6.54 Å². The molecule has 2 aromatic heterocycles. The van der Waals surface area contributed by atoms with E-state index in [0.717, 1.165) is 23.8 Å². The molecule has 2 aromatic rings. The van der Waals surface area contributed by atoms with Gasteiger partial charge in [0.2, 0.25) is 0 Å². The molecule has 0 aliphatic heterocycles. The Morgan fingerprint density at radius 1 is 1.32 bits per heavy atom. The number of hydrogen-bond donors (Lipinski definition) is 3. The van der Waals surface area contributed by atoms with Crippen LogP contribution < -0.4 is 16.6 Å². The number of nitrogen functional groups attached to an aromatic ring is 1. The van der Waals surface area contributed by atoms with Crippen LogP contribution in [0.5, 0.6) is 0 Å². The highest BCUT2D eigenvalue weighted by Crippen LogP contribution is 2.23. The zero-order chi connectivity index (χ0) is 13.8. The van der Waals surface area contributed by atoms with Crippen LogP contribution in [-0.4, -0.2) is 9.97 Å². The Kier molecular flexibility index (Phi) is 4.34. The molecule has 6 heteroatoms. The maximum absolute atomic E-state index is 5.51. The Morgan fingerprint density at radius 2 is 2.05 bits per heavy atom. The number of nitrogens with zero attached hydrogens (tertiary/aromatic N) is 2. The second-order valence-corrected chi connectivity index (χ2v) is 5.67. The summed E-state index contributed by atoms with van der Waals surface area (Å²) < 4.78 is 0. The van der Waals surface area contributed by atoms with Crippen molar-refractivity contribution in [1.82, 2.24) is 9.97 Å². The highest BCUT2D eigenvalue weighted by atomic mass is 32.1. The number of aromatic nitrogens is 2. The Balaban J connectivity index is 2.24. The van der Waals surface area contributed by atoms with Crippen LogP contribution in [0.1, 0.15) is 36.0 Å². The Bertz CT molecular complexity index is 536. The molecule has 0 saturated carbocycles. The number of nitrogens with one attached hydrogen (secondary N) is 2. The van der Waals surface area contributed by atoms with Crippen molar-refractivity contribution in [3.63, 3.8) is 0 Å². The highest BCUT2D eigenvalue weighted by molar-refractivity contribution is 7.09. The SMILES string of the molecule is Cc1c(NN)nc(C(C)C)nc1NCc1cccs1. The van der Waals surface area contributed by atoms with Gasteiger partial charge in [-0.1, -0.05) is 19.9 Å². The van der Waals surface area contributed by atoms with Crippen molar-refractivity contribution in [3.05, 3.63) is 33.8 Å². The predicted octanol–water partition coefficient (Wildman–Crippen LogP) is 2.87. The number of nitrogens with two attached hydrogens (primary N) is 1. The van der Waals surface area contributed by atoms with Crippen molar-refractivity contribution >= 4 is 23.0 Å². The van der Waals surface area contributed by atoms with Gasteiger partial charge in [-0.05, 0) is 18.4 Å². The van der Waals surface area contributed by atoms with Crippen LogP contribution in [-0.2, 0) is 6.54 Å². The van der Waals surface area contributed by atoms with E-state index < -0.39 is 0 Å². The van der Waals surface area contributed by atoms with E-state index in [-0.39, 0.29) is 5.92 Å². The molecule has 2 heterocycles. The van der Waals surface area contributed by atoms with Crippen LogP contribution in [0.15, 0.2) is 17.5 Å². The molecule has 19 heavy (non-hydrogen) atoms. The lowest BCUT2D eigenvalue weighted by atomic mass is 10.2. The minimum atomic E-state index is 0.259. The van der Waals surface area contributed by atoms with E-state index in [2.05, 4.69) is 46.0 Å². The molecule has 2 rings (SSSR count). The highest BCUT2D eigenvalue weighted by Gasteiger charge is 2.12. The van der Waals surface area contributed by atoms with Crippen molar-refractivity contribution in [2.75, 3.05) is 10.7 Å². The summed E-state index contributed by atoms with van der Waals surface area (Å²) in [6.07, 6.45) is 0. The summed E-state index contributed by atoms with van der Waals surface area (Å²) in [4.78, 5) is 10.2. The molecule has 0 fully saturated rings. The number of hydrogen-bond acceptors (Lipinski definition) is 6. The first-order chi connectivity index (χ1) is 9.11. The van der Waals surface area contributed by atoms with Gasteiger partial charge in [-0.15, -0.1) is 11.3 Å². The Morgan fingerprint density at radius 3 is 2.63 bits per heavy atom. The van der Waals surface area contributed by atoms with Crippen LogP contribution in [0.3, 0.4) is 0 Å². The molecular formula is C13H19N5S. The molecule has 102 valence electrons. The maximum atomic E-state index is 5.51. The second kappa shape index (κ2) is 5.99. The van der Waals surface area contributed by atoms with Crippen LogP contribution >= 0.6 is 11.3 Å². The fourth-order valence-corrected chi connectivity index (χ4v) is 2.33. The van der Waals surface area contributed by atoms with E-state index in [1.54, 1.807) is 11.3 Å². The largest absolute Gasteiger partial charge is 0.365 e. The Labute approximate surface area is 117 Å². The van der Waals surface area contributed by atoms with Gasteiger partial charge in [-0.25, -0.2) is 15.8 Å². The minimum absolute atomic E-state index is 0.259. The fourth-order valence-electron chi connectivity index (χ4n) is 1.69. The number of hydrazine groups is 1. The van der Waals surface area contributed by atoms with Gasteiger partial charge in [0.25, 0.3) is 0 Å². The third kappa shape index (κ3) is 3.21. The summed E-state index contributed by atoms with van der Waals surface area (Å²) in [5, 5.41) is 5.41. The van der Waals surface area contributed by atoms with Gasteiger partial charge in [0.15, 0.2) is 0 Å². The minimum Gasteiger partial charge on any atom is -0.365 e. The van der Waals surface area contributed by atoms with E-state index in [1.165, 1.54) is 4.88 Å². The first-order valence-corrected chi connectivity index (χ1v) is 7.11. The zero-order valence-corrected chi connectivity index (χ0v) is 12.2. The molecule has 0 bridgehead atoms. The van der Waals surface area contributed by atoms with Crippen molar-refractivity contribution in [2.45, 2.75) is 33.2 Å². The van der Waals surface area contributed by atoms with Gasteiger partial charge in [-0.3, -0.25) is 0 Å². The molecule has 0 radical (unpaired) electrons. The van der Waals surface area contributed by atoms with Gasteiger partial charge >= 0.3 is 0 Å². The lowest BCUT2D eigenvalue weighted by Gasteiger charge is -2.14. The molecule has 0 aliphatic rings. The molecule has 0 spiro atoms. The molecule has 0 saturated heterocycles. The van der Waals surface area contributed by atoms with E-state index in [0.29, 0.717) is 5.82 Å². The van der Waals surface area contributed by atoms with Crippen LogP contribution in [0.4, 0.5) is 11.6 Å². The average Bonchev–Trinajstić information content (AvgIpc) is 2.90. The first kappa shape index (κ1) is 13.8. The fraction of sp³-hybridized carbons (Fsp3) is 0.385. The summed E-state index contributed by atoms with van der Waals surface area (Å²) in [6.45, 7) is 6.84. The van der Waals surface area contributed by atoms with E-state index >= 15 is 0 Å². The van der Waals surface area contributed by atoms with Crippen molar-refractivity contribution in [3.8, 4) is 0 Å². The number of anilines is 2. The molecule has 0 aliphatic carbocycles. The zero-order valence-electron chi connectivity index (χ0n) is 11.4. The first-order valence-electron chi connectivity index (χ1n) is 6.23. The van der Waals surface area contributed by atoms with E-state index in [9.17, 15) is 0 Å². The third-order valence-electron chi connectivity index (χ3n) is 2.83. The van der Waals surface area contributed by atoms with Crippen molar-refractivity contribution < 1.29 is 0 Å². The van der Waals surface area contributed by atoms with Crippen molar-refractivity contribution in [1.29, 1.82) is 0 Å². The summed E-state index contributed by atoms with van der Waals surface area (Å²) in [5.41, 5.74) is 3.57.